The van der Waals surface area contributed by atoms with E-state index in [9.17, 15) is 4.79 Å². The highest BCUT2D eigenvalue weighted by Gasteiger charge is 2.23. The number of carbonyl (C=O) groups excluding carboxylic acids is 1. The molecule has 0 bridgehead atoms. The minimum atomic E-state index is -0.0963. The van der Waals surface area contributed by atoms with Crippen molar-refractivity contribution >= 4 is 6.03 Å². The van der Waals surface area contributed by atoms with Gasteiger partial charge in [-0.2, -0.15) is 0 Å². The summed E-state index contributed by atoms with van der Waals surface area (Å²) < 4.78 is 0. The molecule has 1 fully saturated rings. The van der Waals surface area contributed by atoms with Crippen LogP contribution in [0.4, 0.5) is 4.79 Å². The first-order chi connectivity index (χ1) is 11.7. The fourth-order valence-corrected chi connectivity index (χ4v) is 3.12. The minimum absolute atomic E-state index is 0.0963. The largest absolute Gasteiger partial charge is 0.348 e. The summed E-state index contributed by atoms with van der Waals surface area (Å²) in [6, 6.07) is 8.08. The van der Waals surface area contributed by atoms with E-state index < -0.39 is 0 Å². The number of nitrogens with one attached hydrogen (secondary N) is 3. The number of rotatable bonds is 6. The van der Waals surface area contributed by atoms with E-state index >= 15 is 0 Å². The van der Waals surface area contributed by atoms with Crippen LogP contribution < -0.4 is 10.6 Å². The van der Waals surface area contributed by atoms with E-state index in [1.54, 1.807) is 6.20 Å². The molecular weight excluding hydrogens is 302 g/mol. The SMILES string of the molecule is Cc1cccc(CNC(=O)NC[C@H]2CCN(Cc3ncc[nH]3)C2)c1. The Kier molecular flexibility index (Phi) is 5.48. The maximum absolute atomic E-state index is 11.9. The number of hydrogen-bond acceptors (Lipinski definition) is 3. The Morgan fingerprint density at radius 1 is 1.42 bits per heavy atom. The number of hydrogen-bond donors (Lipinski definition) is 3. The van der Waals surface area contributed by atoms with Crippen LogP contribution in [-0.4, -0.2) is 40.5 Å². The molecule has 24 heavy (non-hydrogen) atoms. The summed E-state index contributed by atoms with van der Waals surface area (Å²) in [5, 5.41) is 5.91. The topological polar surface area (TPSA) is 73.1 Å². The van der Waals surface area contributed by atoms with Gasteiger partial charge in [0.15, 0.2) is 0 Å². The lowest BCUT2D eigenvalue weighted by Gasteiger charge is -2.15. The predicted molar refractivity (Wildman–Crippen MR) is 93.4 cm³/mol. The van der Waals surface area contributed by atoms with Crippen LogP contribution in [0.15, 0.2) is 36.7 Å². The molecule has 1 aromatic carbocycles. The highest BCUT2D eigenvalue weighted by Crippen LogP contribution is 2.16. The number of H-pyrrole nitrogens is 1. The van der Waals surface area contributed by atoms with Crippen molar-refractivity contribution in [3.05, 3.63) is 53.6 Å². The van der Waals surface area contributed by atoms with Gasteiger partial charge >= 0.3 is 6.03 Å². The molecule has 0 unspecified atom stereocenters. The molecular formula is C18H25N5O. The second kappa shape index (κ2) is 7.97. The average molecular weight is 327 g/mol. The van der Waals surface area contributed by atoms with Crippen LogP contribution in [0.1, 0.15) is 23.4 Å². The van der Waals surface area contributed by atoms with Gasteiger partial charge in [-0.1, -0.05) is 29.8 Å². The fraction of sp³-hybridized carbons (Fsp3) is 0.444. The average Bonchev–Trinajstić information content (AvgIpc) is 3.23. The molecule has 3 N–H and O–H groups in total. The van der Waals surface area contributed by atoms with Crippen LogP contribution in [0.3, 0.4) is 0 Å². The number of amides is 2. The third-order valence-electron chi connectivity index (χ3n) is 4.39. The van der Waals surface area contributed by atoms with E-state index in [0.29, 0.717) is 19.0 Å². The molecule has 2 amide bonds. The summed E-state index contributed by atoms with van der Waals surface area (Å²) in [6.45, 7) is 6.23. The molecule has 0 spiro atoms. The minimum Gasteiger partial charge on any atom is -0.348 e. The molecule has 128 valence electrons. The van der Waals surface area contributed by atoms with Crippen LogP contribution in [0.25, 0.3) is 0 Å². The number of aryl methyl sites for hydroxylation is 1. The van der Waals surface area contributed by atoms with Gasteiger partial charge in [0.05, 0.1) is 6.54 Å². The van der Waals surface area contributed by atoms with Crippen LogP contribution in [-0.2, 0) is 13.1 Å². The number of carbonyl (C=O) groups is 1. The quantitative estimate of drug-likeness (QED) is 0.760. The molecule has 2 aromatic rings. The summed E-state index contributed by atoms with van der Waals surface area (Å²) in [6.07, 6.45) is 4.74. The van der Waals surface area contributed by atoms with Gasteiger partial charge in [-0.05, 0) is 31.4 Å². The Hall–Kier alpha value is -2.34. The Bertz CT molecular complexity index is 655. The van der Waals surface area contributed by atoms with E-state index in [4.69, 9.17) is 0 Å². The second-order valence-electron chi connectivity index (χ2n) is 6.48. The van der Waals surface area contributed by atoms with E-state index in [1.165, 1.54) is 5.56 Å². The third-order valence-corrected chi connectivity index (χ3v) is 4.39. The number of urea groups is 1. The predicted octanol–water partition coefficient (Wildman–Crippen LogP) is 2.04. The van der Waals surface area contributed by atoms with E-state index in [-0.39, 0.29) is 6.03 Å². The first kappa shape index (κ1) is 16.5. The molecule has 0 saturated carbocycles. The molecule has 3 rings (SSSR count). The lowest BCUT2D eigenvalue weighted by atomic mass is 10.1. The highest BCUT2D eigenvalue weighted by atomic mass is 16.2. The monoisotopic (exact) mass is 327 g/mol. The Balaban J connectivity index is 1.34. The number of nitrogens with zero attached hydrogens (tertiary/aromatic N) is 2. The number of benzene rings is 1. The summed E-state index contributed by atoms with van der Waals surface area (Å²) in [5.74, 6) is 1.50. The highest BCUT2D eigenvalue weighted by molar-refractivity contribution is 5.73. The number of aromatic nitrogens is 2. The zero-order valence-corrected chi connectivity index (χ0v) is 14.1. The van der Waals surface area contributed by atoms with Crippen molar-refractivity contribution in [2.75, 3.05) is 19.6 Å². The lowest BCUT2D eigenvalue weighted by molar-refractivity contribution is 0.238. The van der Waals surface area contributed by atoms with Gasteiger partial charge in [-0.3, -0.25) is 4.90 Å². The molecule has 6 nitrogen and oxygen atoms in total. The van der Waals surface area contributed by atoms with Gasteiger partial charge in [-0.25, -0.2) is 9.78 Å². The maximum atomic E-state index is 11.9. The Morgan fingerprint density at radius 3 is 3.12 bits per heavy atom. The zero-order chi connectivity index (χ0) is 16.8. The number of likely N-dealkylation sites (tertiary alicyclic amines) is 1. The van der Waals surface area contributed by atoms with Crippen molar-refractivity contribution < 1.29 is 4.79 Å². The van der Waals surface area contributed by atoms with Gasteiger partial charge in [0, 0.05) is 32.0 Å². The summed E-state index contributed by atoms with van der Waals surface area (Å²) in [5.41, 5.74) is 2.33. The van der Waals surface area contributed by atoms with Crippen LogP contribution in [0.5, 0.6) is 0 Å². The summed E-state index contributed by atoms with van der Waals surface area (Å²) in [7, 11) is 0. The van der Waals surface area contributed by atoms with Crippen molar-refractivity contribution in [3.8, 4) is 0 Å². The first-order valence-electron chi connectivity index (χ1n) is 8.47. The smallest absolute Gasteiger partial charge is 0.315 e. The molecule has 1 aromatic heterocycles. The van der Waals surface area contributed by atoms with E-state index in [2.05, 4.69) is 44.6 Å². The molecule has 1 aliphatic heterocycles. The molecule has 0 aliphatic carbocycles. The summed E-state index contributed by atoms with van der Waals surface area (Å²) in [4.78, 5) is 21.7. The maximum Gasteiger partial charge on any atom is 0.315 e. The van der Waals surface area contributed by atoms with Gasteiger partial charge in [0.1, 0.15) is 5.82 Å². The molecule has 1 aliphatic rings. The normalized spacial score (nSPS) is 17.8. The van der Waals surface area contributed by atoms with Crippen molar-refractivity contribution in [1.82, 2.24) is 25.5 Å². The standard InChI is InChI=1S/C18H25N5O/c1-14-3-2-4-15(9-14)10-21-18(24)22-11-16-5-8-23(12-16)13-17-19-6-7-20-17/h2-4,6-7,9,16H,5,8,10-13H2,1H3,(H,19,20)(H2,21,22,24)/t16-/m1/s1. The number of aromatic amines is 1. The van der Waals surface area contributed by atoms with Crippen LogP contribution in [0.2, 0.25) is 0 Å². The second-order valence-corrected chi connectivity index (χ2v) is 6.48. The first-order valence-corrected chi connectivity index (χ1v) is 8.47. The van der Waals surface area contributed by atoms with Crippen LogP contribution in [0, 0.1) is 12.8 Å². The zero-order valence-electron chi connectivity index (χ0n) is 14.1. The van der Waals surface area contributed by atoms with Crippen molar-refractivity contribution in [2.45, 2.75) is 26.4 Å². The van der Waals surface area contributed by atoms with Crippen LogP contribution >= 0.6 is 0 Å². The van der Waals surface area contributed by atoms with Crippen molar-refractivity contribution in [1.29, 1.82) is 0 Å². The van der Waals surface area contributed by atoms with Crippen molar-refractivity contribution in [3.63, 3.8) is 0 Å². The molecule has 1 atom stereocenters. The van der Waals surface area contributed by atoms with E-state index in [0.717, 1.165) is 37.4 Å². The van der Waals surface area contributed by atoms with Gasteiger partial charge in [0.25, 0.3) is 0 Å². The third kappa shape index (κ3) is 4.83. The molecule has 6 heteroatoms. The van der Waals surface area contributed by atoms with Gasteiger partial charge < -0.3 is 15.6 Å². The van der Waals surface area contributed by atoms with Crippen molar-refractivity contribution in [2.24, 2.45) is 5.92 Å². The summed E-state index contributed by atoms with van der Waals surface area (Å²) >= 11 is 0. The van der Waals surface area contributed by atoms with E-state index in [1.807, 2.05) is 18.3 Å². The fourth-order valence-electron chi connectivity index (χ4n) is 3.12. The molecule has 0 radical (unpaired) electrons. The Labute approximate surface area is 142 Å². The Morgan fingerprint density at radius 2 is 2.33 bits per heavy atom. The van der Waals surface area contributed by atoms with Gasteiger partial charge in [-0.15, -0.1) is 0 Å². The lowest BCUT2D eigenvalue weighted by Crippen LogP contribution is -2.38. The molecule has 2 heterocycles. The molecule has 1 saturated heterocycles. The number of imidazole rings is 1. The van der Waals surface area contributed by atoms with Gasteiger partial charge in [0.2, 0.25) is 0 Å².